The van der Waals surface area contributed by atoms with Gasteiger partial charge in [0.1, 0.15) is 0 Å². The van der Waals surface area contributed by atoms with E-state index >= 15 is 0 Å². The number of halogens is 1. The second-order valence-corrected chi connectivity index (χ2v) is 6.09. The first-order valence-corrected chi connectivity index (χ1v) is 7.23. The number of Topliss-reactive ketones (excluding diaryl/α,β-unsaturated/α-hetero) is 1. The monoisotopic (exact) mass is 303 g/mol. The van der Waals surface area contributed by atoms with Gasteiger partial charge in [0.25, 0.3) is 0 Å². The molecule has 0 aliphatic rings. The molecule has 0 fully saturated rings. The zero-order valence-corrected chi connectivity index (χ0v) is 12.1. The largest absolute Gasteiger partial charge is 0.330 e. The third-order valence-electron chi connectivity index (χ3n) is 2.53. The third kappa shape index (κ3) is 4.00. The predicted octanol–water partition coefficient (Wildman–Crippen LogP) is 3.70. The molecular weight excluding hydrogens is 286 g/mol. The zero-order chi connectivity index (χ0) is 12.1. The first kappa shape index (κ1) is 13.9. The van der Waals surface area contributed by atoms with Crippen LogP contribution in [0.3, 0.4) is 0 Å². The maximum absolute atomic E-state index is 12.0. The highest BCUT2D eigenvalue weighted by atomic mass is 79.9. The minimum Gasteiger partial charge on any atom is -0.330 e. The Morgan fingerprint density at radius 1 is 1.50 bits per heavy atom. The Labute approximate surface area is 109 Å². The predicted molar refractivity (Wildman–Crippen MR) is 73.0 cm³/mol. The molecule has 0 saturated carbocycles. The van der Waals surface area contributed by atoms with Gasteiger partial charge < -0.3 is 5.73 Å². The molecule has 0 aliphatic carbocycles. The Morgan fingerprint density at radius 3 is 2.62 bits per heavy atom. The number of carbonyl (C=O) groups is 1. The molecule has 90 valence electrons. The molecule has 1 aromatic heterocycles. The maximum atomic E-state index is 12.0. The Bertz CT molecular complexity index is 349. The van der Waals surface area contributed by atoms with Crippen molar-refractivity contribution in [1.82, 2.24) is 0 Å². The topological polar surface area (TPSA) is 43.1 Å². The number of nitrogens with two attached hydrogens (primary N) is 1. The van der Waals surface area contributed by atoms with Crippen molar-refractivity contribution in [1.29, 1.82) is 0 Å². The van der Waals surface area contributed by atoms with E-state index in [1.807, 2.05) is 10.8 Å². The minimum atomic E-state index is 0.198. The highest BCUT2D eigenvalue weighted by molar-refractivity contribution is 9.10. The minimum absolute atomic E-state index is 0.198. The van der Waals surface area contributed by atoms with Crippen LogP contribution in [0.25, 0.3) is 0 Å². The van der Waals surface area contributed by atoms with Crippen molar-refractivity contribution >= 4 is 33.0 Å². The molecule has 0 saturated heterocycles. The molecule has 1 aromatic rings. The number of thiophene rings is 1. The van der Waals surface area contributed by atoms with Crippen molar-refractivity contribution in [3.05, 3.63) is 20.8 Å². The molecule has 2 nitrogen and oxygen atoms in total. The summed E-state index contributed by atoms with van der Waals surface area (Å²) in [7, 11) is 0. The molecule has 0 aliphatic heterocycles. The second kappa shape index (κ2) is 6.52. The fourth-order valence-electron chi connectivity index (χ4n) is 1.78. The molecule has 0 amide bonds. The van der Waals surface area contributed by atoms with Crippen molar-refractivity contribution in [2.75, 3.05) is 6.54 Å². The molecule has 0 aromatic carbocycles. The average Bonchev–Trinajstić information content (AvgIpc) is 2.62. The van der Waals surface area contributed by atoms with Crippen LogP contribution in [0.5, 0.6) is 0 Å². The fraction of sp³-hybridized carbons (Fsp3) is 0.583. The van der Waals surface area contributed by atoms with Crippen LogP contribution in [0, 0.1) is 11.8 Å². The quantitative estimate of drug-likeness (QED) is 0.814. The van der Waals surface area contributed by atoms with Crippen LogP contribution in [0.4, 0.5) is 0 Å². The van der Waals surface area contributed by atoms with Crippen LogP contribution in [0.2, 0.25) is 0 Å². The molecule has 1 atom stereocenters. The summed E-state index contributed by atoms with van der Waals surface area (Å²) in [4.78, 5) is 12.0. The van der Waals surface area contributed by atoms with E-state index in [0.717, 1.165) is 16.5 Å². The first-order valence-electron chi connectivity index (χ1n) is 5.49. The molecule has 4 heteroatoms. The van der Waals surface area contributed by atoms with Gasteiger partial charge in [0, 0.05) is 27.2 Å². The fourth-order valence-corrected chi connectivity index (χ4v) is 3.30. The molecular formula is C12H18BrNOS. The Hall–Kier alpha value is -0.190. The van der Waals surface area contributed by atoms with Gasteiger partial charge >= 0.3 is 0 Å². The lowest BCUT2D eigenvalue weighted by atomic mass is 9.91. The van der Waals surface area contributed by atoms with Gasteiger partial charge in [0.15, 0.2) is 5.78 Å². The maximum Gasteiger partial charge on any atom is 0.165 e. The molecule has 1 rings (SSSR count). The first-order chi connectivity index (χ1) is 7.54. The smallest absolute Gasteiger partial charge is 0.165 e. The molecule has 2 N–H and O–H groups in total. The molecule has 0 radical (unpaired) electrons. The normalized spacial score (nSPS) is 13.1. The van der Waals surface area contributed by atoms with Gasteiger partial charge in [-0.05, 0) is 40.7 Å². The summed E-state index contributed by atoms with van der Waals surface area (Å²) in [5.41, 5.74) is 6.50. The van der Waals surface area contributed by atoms with Gasteiger partial charge in [0.05, 0.1) is 0 Å². The number of hydrogen-bond acceptors (Lipinski definition) is 3. The molecule has 0 spiro atoms. The van der Waals surface area contributed by atoms with Crippen molar-refractivity contribution < 1.29 is 4.79 Å². The Kier molecular flexibility index (Phi) is 5.66. The van der Waals surface area contributed by atoms with E-state index in [9.17, 15) is 4.79 Å². The van der Waals surface area contributed by atoms with Crippen molar-refractivity contribution in [3.8, 4) is 0 Å². The number of ketones is 1. The van der Waals surface area contributed by atoms with E-state index in [2.05, 4.69) is 29.8 Å². The van der Waals surface area contributed by atoms with E-state index in [1.54, 1.807) is 11.3 Å². The Balaban J connectivity index is 2.59. The van der Waals surface area contributed by atoms with E-state index in [0.29, 0.717) is 24.8 Å². The van der Waals surface area contributed by atoms with Gasteiger partial charge in [-0.15, -0.1) is 0 Å². The lowest BCUT2D eigenvalue weighted by Crippen LogP contribution is -2.20. The van der Waals surface area contributed by atoms with Crippen molar-refractivity contribution in [3.63, 3.8) is 0 Å². The second-order valence-electron chi connectivity index (χ2n) is 4.49. The molecule has 0 bridgehead atoms. The summed E-state index contributed by atoms with van der Waals surface area (Å²) in [5.74, 6) is 1.09. The number of rotatable bonds is 6. The molecule has 1 unspecified atom stereocenters. The van der Waals surface area contributed by atoms with E-state index in [4.69, 9.17) is 5.73 Å². The standard InChI is InChI=1S/C12H18BrNOS/c1-8(2)3-9(5-14)4-12(15)10-6-16-7-11(10)13/h6-9H,3-5,14H2,1-2H3. The molecule has 16 heavy (non-hydrogen) atoms. The SMILES string of the molecule is CC(C)CC(CN)CC(=O)c1cscc1Br. The lowest BCUT2D eigenvalue weighted by molar-refractivity contribution is 0.0957. The van der Waals surface area contributed by atoms with Crippen molar-refractivity contribution in [2.24, 2.45) is 17.6 Å². The van der Waals surface area contributed by atoms with Crippen LogP contribution in [-0.2, 0) is 0 Å². The van der Waals surface area contributed by atoms with Crippen LogP contribution in [0.15, 0.2) is 15.2 Å². The summed E-state index contributed by atoms with van der Waals surface area (Å²) in [6, 6.07) is 0. The summed E-state index contributed by atoms with van der Waals surface area (Å²) in [5, 5.41) is 3.84. The summed E-state index contributed by atoms with van der Waals surface area (Å²) < 4.78 is 0.905. The van der Waals surface area contributed by atoms with Gasteiger partial charge in [-0.25, -0.2) is 0 Å². The van der Waals surface area contributed by atoms with E-state index < -0.39 is 0 Å². The third-order valence-corrected chi connectivity index (χ3v) is 4.23. The van der Waals surface area contributed by atoms with Crippen molar-refractivity contribution in [2.45, 2.75) is 26.7 Å². The number of hydrogen-bond donors (Lipinski definition) is 1. The lowest BCUT2D eigenvalue weighted by Gasteiger charge is -2.15. The summed E-state index contributed by atoms with van der Waals surface area (Å²) in [6.07, 6.45) is 1.58. The van der Waals surface area contributed by atoms with Crippen LogP contribution in [-0.4, -0.2) is 12.3 Å². The van der Waals surface area contributed by atoms with Crippen LogP contribution >= 0.6 is 27.3 Å². The average molecular weight is 304 g/mol. The summed E-state index contributed by atoms with van der Waals surface area (Å²) in [6.45, 7) is 4.91. The number of carbonyl (C=O) groups excluding carboxylic acids is 1. The molecule has 1 heterocycles. The Morgan fingerprint density at radius 2 is 2.19 bits per heavy atom. The van der Waals surface area contributed by atoms with Gasteiger partial charge in [-0.3, -0.25) is 4.79 Å². The van der Waals surface area contributed by atoms with Gasteiger partial charge in [0.2, 0.25) is 0 Å². The van der Waals surface area contributed by atoms with Crippen LogP contribution < -0.4 is 5.73 Å². The highest BCUT2D eigenvalue weighted by Gasteiger charge is 2.17. The zero-order valence-electron chi connectivity index (χ0n) is 9.70. The van der Waals surface area contributed by atoms with Crippen LogP contribution in [0.1, 0.15) is 37.0 Å². The van der Waals surface area contributed by atoms with E-state index in [1.165, 1.54) is 0 Å². The van der Waals surface area contributed by atoms with Gasteiger partial charge in [-0.2, -0.15) is 11.3 Å². The van der Waals surface area contributed by atoms with E-state index in [-0.39, 0.29) is 5.78 Å². The van der Waals surface area contributed by atoms with Gasteiger partial charge in [-0.1, -0.05) is 13.8 Å². The highest BCUT2D eigenvalue weighted by Crippen LogP contribution is 2.25. The summed E-state index contributed by atoms with van der Waals surface area (Å²) >= 11 is 4.93.